The van der Waals surface area contributed by atoms with Crippen LogP contribution in [0.4, 0.5) is 0 Å². The monoisotopic (exact) mass is 390 g/mol. The number of rotatable bonds is 5. The summed E-state index contributed by atoms with van der Waals surface area (Å²) in [7, 11) is 3.22. The summed E-state index contributed by atoms with van der Waals surface area (Å²) in [5.74, 6) is 7.12. The molecule has 0 fully saturated rings. The van der Waals surface area contributed by atoms with E-state index in [1.165, 1.54) is 0 Å². The molecule has 0 radical (unpaired) electrons. The zero-order chi connectivity index (χ0) is 15.6. The number of methoxy groups -OCH3 is 2. The first-order valence-corrected chi connectivity index (χ1v) is 8.20. The van der Waals surface area contributed by atoms with Crippen LogP contribution >= 0.6 is 38.9 Å². The predicted octanol–water partition coefficient (Wildman–Crippen LogP) is 4.04. The lowest BCUT2D eigenvalue weighted by Gasteiger charge is -2.20. The van der Waals surface area contributed by atoms with Gasteiger partial charge in [-0.15, -0.1) is 11.3 Å². The molecular formula is C14H16BrClN2O2S. The molecule has 3 N–H and O–H groups in total. The second-order valence-corrected chi connectivity index (χ2v) is 6.48. The van der Waals surface area contributed by atoms with Gasteiger partial charge in [-0.3, -0.25) is 5.84 Å². The van der Waals surface area contributed by atoms with Gasteiger partial charge in [0.15, 0.2) is 0 Å². The molecule has 1 unspecified atom stereocenters. The summed E-state index contributed by atoms with van der Waals surface area (Å²) in [6.45, 7) is 1.97. The van der Waals surface area contributed by atoms with Crippen molar-refractivity contribution in [3.63, 3.8) is 0 Å². The lowest BCUT2D eigenvalue weighted by molar-refractivity contribution is 0.383. The van der Waals surface area contributed by atoms with Crippen molar-refractivity contribution in [2.45, 2.75) is 13.0 Å². The summed E-state index contributed by atoms with van der Waals surface area (Å²) in [6, 6.07) is 3.52. The average Bonchev–Trinajstić information content (AvgIpc) is 2.81. The molecule has 0 aliphatic heterocycles. The summed E-state index contributed by atoms with van der Waals surface area (Å²) in [5, 5.41) is 2.73. The van der Waals surface area contributed by atoms with Crippen LogP contribution in [0.5, 0.6) is 11.5 Å². The topological polar surface area (TPSA) is 56.5 Å². The van der Waals surface area contributed by atoms with Gasteiger partial charge in [0, 0.05) is 10.4 Å². The Bertz CT molecular complexity index is 648. The molecule has 2 aromatic rings. The number of halogens is 2. The van der Waals surface area contributed by atoms with Gasteiger partial charge in [-0.25, -0.2) is 5.43 Å². The Labute approximate surface area is 141 Å². The van der Waals surface area contributed by atoms with E-state index >= 15 is 0 Å². The number of nitrogens with two attached hydrogens (primary N) is 1. The SMILES string of the molecule is COc1ccc(C(NN)c2scc(C)c2Cl)c(OC)c1Br. The fourth-order valence-electron chi connectivity index (χ4n) is 2.10. The van der Waals surface area contributed by atoms with Gasteiger partial charge in [-0.05, 0) is 45.9 Å². The molecule has 114 valence electrons. The lowest BCUT2D eigenvalue weighted by atomic mass is 10.0. The van der Waals surface area contributed by atoms with Gasteiger partial charge in [0.25, 0.3) is 0 Å². The van der Waals surface area contributed by atoms with Crippen LogP contribution in [0, 0.1) is 6.92 Å². The molecule has 0 spiro atoms. The fraction of sp³-hybridized carbons (Fsp3) is 0.286. The average molecular weight is 392 g/mol. The first-order chi connectivity index (χ1) is 10.0. The van der Waals surface area contributed by atoms with Crippen molar-refractivity contribution >= 4 is 38.9 Å². The number of ether oxygens (including phenoxy) is 2. The summed E-state index contributed by atoms with van der Waals surface area (Å²) >= 11 is 11.4. The highest BCUT2D eigenvalue weighted by Crippen LogP contribution is 2.43. The van der Waals surface area contributed by atoms with E-state index in [9.17, 15) is 0 Å². The van der Waals surface area contributed by atoms with Gasteiger partial charge in [0.2, 0.25) is 0 Å². The summed E-state index contributed by atoms with van der Waals surface area (Å²) in [5.41, 5.74) is 4.73. The molecule has 1 heterocycles. The molecule has 0 saturated heterocycles. The van der Waals surface area contributed by atoms with Gasteiger partial charge in [0.05, 0.1) is 25.3 Å². The Kier molecular flexibility index (Phi) is 5.51. The number of thiophene rings is 1. The first kappa shape index (κ1) is 16.6. The summed E-state index contributed by atoms with van der Waals surface area (Å²) < 4.78 is 11.5. The van der Waals surface area contributed by atoms with E-state index in [1.807, 2.05) is 24.4 Å². The van der Waals surface area contributed by atoms with Gasteiger partial charge in [0.1, 0.15) is 16.0 Å². The smallest absolute Gasteiger partial charge is 0.142 e. The van der Waals surface area contributed by atoms with Crippen molar-refractivity contribution in [2.24, 2.45) is 5.84 Å². The molecule has 7 heteroatoms. The van der Waals surface area contributed by atoms with E-state index in [2.05, 4.69) is 21.4 Å². The molecule has 0 bridgehead atoms. The first-order valence-electron chi connectivity index (χ1n) is 6.15. The van der Waals surface area contributed by atoms with E-state index < -0.39 is 0 Å². The van der Waals surface area contributed by atoms with Crippen LogP contribution in [-0.2, 0) is 0 Å². The van der Waals surface area contributed by atoms with Crippen molar-refractivity contribution in [1.82, 2.24) is 5.43 Å². The van der Waals surface area contributed by atoms with E-state index in [0.717, 1.165) is 25.5 Å². The molecule has 2 rings (SSSR count). The third-order valence-corrected chi connectivity index (χ3v) is 5.71. The van der Waals surface area contributed by atoms with E-state index in [0.29, 0.717) is 11.5 Å². The number of aryl methyl sites for hydroxylation is 1. The van der Waals surface area contributed by atoms with Crippen molar-refractivity contribution in [3.8, 4) is 11.5 Å². The van der Waals surface area contributed by atoms with Gasteiger partial charge >= 0.3 is 0 Å². The van der Waals surface area contributed by atoms with Crippen LogP contribution in [0.1, 0.15) is 22.0 Å². The Hall–Kier alpha value is -0.790. The maximum absolute atomic E-state index is 6.36. The van der Waals surface area contributed by atoms with Gasteiger partial charge in [-0.2, -0.15) is 0 Å². The zero-order valence-corrected chi connectivity index (χ0v) is 15.0. The maximum Gasteiger partial charge on any atom is 0.142 e. The highest BCUT2D eigenvalue weighted by Gasteiger charge is 2.24. The largest absolute Gasteiger partial charge is 0.495 e. The Balaban J connectivity index is 2.57. The van der Waals surface area contributed by atoms with Crippen LogP contribution in [0.15, 0.2) is 22.0 Å². The second kappa shape index (κ2) is 6.98. The Morgan fingerprint density at radius 3 is 2.52 bits per heavy atom. The number of hydrogen-bond acceptors (Lipinski definition) is 5. The summed E-state index contributed by atoms with van der Waals surface area (Å²) in [6.07, 6.45) is 0. The molecule has 0 aliphatic rings. The molecule has 1 aromatic heterocycles. The molecule has 0 saturated carbocycles. The summed E-state index contributed by atoms with van der Waals surface area (Å²) in [4.78, 5) is 0.951. The highest BCUT2D eigenvalue weighted by molar-refractivity contribution is 9.10. The molecule has 1 atom stereocenters. The number of nitrogens with one attached hydrogen (secondary N) is 1. The van der Waals surface area contributed by atoms with E-state index in [4.69, 9.17) is 26.9 Å². The Morgan fingerprint density at radius 2 is 2.05 bits per heavy atom. The van der Waals surface area contributed by atoms with Crippen LogP contribution in [-0.4, -0.2) is 14.2 Å². The normalized spacial score (nSPS) is 12.3. The third-order valence-electron chi connectivity index (χ3n) is 3.18. The predicted molar refractivity (Wildman–Crippen MR) is 90.5 cm³/mol. The molecule has 1 aromatic carbocycles. The van der Waals surface area contributed by atoms with Crippen LogP contribution in [0.2, 0.25) is 5.02 Å². The number of hydrazine groups is 1. The van der Waals surface area contributed by atoms with Gasteiger partial charge in [-0.1, -0.05) is 11.6 Å². The standard InChI is InChI=1S/C14H16BrClN2O2S/c1-7-6-21-14(11(7)16)12(18-17)8-4-5-9(19-2)10(15)13(8)20-3/h4-6,12,18H,17H2,1-3H3. The van der Waals surface area contributed by atoms with Crippen molar-refractivity contribution in [2.75, 3.05) is 14.2 Å². The number of hydrogen-bond donors (Lipinski definition) is 2. The quantitative estimate of drug-likeness (QED) is 0.596. The maximum atomic E-state index is 6.36. The molecule has 21 heavy (non-hydrogen) atoms. The second-order valence-electron chi connectivity index (χ2n) is 4.40. The van der Waals surface area contributed by atoms with E-state index in [-0.39, 0.29) is 6.04 Å². The van der Waals surface area contributed by atoms with Crippen LogP contribution in [0.3, 0.4) is 0 Å². The van der Waals surface area contributed by atoms with Crippen LogP contribution in [0.25, 0.3) is 0 Å². The zero-order valence-electron chi connectivity index (χ0n) is 11.9. The van der Waals surface area contributed by atoms with Gasteiger partial charge < -0.3 is 9.47 Å². The van der Waals surface area contributed by atoms with E-state index in [1.54, 1.807) is 25.6 Å². The molecule has 0 aliphatic carbocycles. The van der Waals surface area contributed by atoms with Crippen molar-refractivity contribution in [3.05, 3.63) is 43.0 Å². The minimum Gasteiger partial charge on any atom is -0.495 e. The Morgan fingerprint density at radius 1 is 1.33 bits per heavy atom. The van der Waals surface area contributed by atoms with Crippen LogP contribution < -0.4 is 20.7 Å². The minimum atomic E-state index is -0.256. The fourth-order valence-corrected chi connectivity index (χ4v) is 4.16. The third kappa shape index (κ3) is 3.05. The molecule has 0 amide bonds. The molecular weight excluding hydrogens is 376 g/mol. The van der Waals surface area contributed by atoms with Crippen molar-refractivity contribution < 1.29 is 9.47 Å². The lowest BCUT2D eigenvalue weighted by Crippen LogP contribution is -2.28. The highest BCUT2D eigenvalue weighted by atomic mass is 79.9. The van der Waals surface area contributed by atoms with Crippen molar-refractivity contribution in [1.29, 1.82) is 0 Å². The minimum absolute atomic E-state index is 0.256. The number of benzene rings is 1. The molecule has 4 nitrogen and oxygen atoms in total.